The van der Waals surface area contributed by atoms with Gasteiger partial charge in [0, 0.05) is 18.6 Å². The van der Waals surface area contributed by atoms with E-state index in [-0.39, 0.29) is 0 Å². The standard InChI is InChI=1S/C16H34N2/c1-12(2)14-8-7-9-15(10-14)17-16(13(3)4)11-18(5)6/h12-17H,7-11H2,1-6H3. The minimum absolute atomic E-state index is 0.635. The predicted octanol–water partition coefficient (Wildman–Crippen LogP) is 3.38. The third kappa shape index (κ3) is 5.27. The van der Waals surface area contributed by atoms with E-state index in [9.17, 15) is 0 Å². The molecule has 0 aromatic rings. The first-order valence-electron chi connectivity index (χ1n) is 7.81. The van der Waals surface area contributed by atoms with Crippen LogP contribution in [0.25, 0.3) is 0 Å². The normalized spacial score (nSPS) is 27.2. The molecule has 108 valence electrons. The molecule has 0 aromatic heterocycles. The van der Waals surface area contributed by atoms with E-state index >= 15 is 0 Å². The first-order valence-corrected chi connectivity index (χ1v) is 7.81. The summed E-state index contributed by atoms with van der Waals surface area (Å²) in [6.45, 7) is 10.6. The van der Waals surface area contributed by atoms with Gasteiger partial charge in [-0.05, 0) is 44.7 Å². The number of rotatable bonds is 6. The summed E-state index contributed by atoms with van der Waals surface area (Å²) in [5, 5.41) is 3.93. The molecule has 0 amide bonds. The molecule has 1 N–H and O–H groups in total. The van der Waals surface area contributed by atoms with Crippen LogP contribution in [0.4, 0.5) is 0 Å². The van der Waals surface area contributed by atoms with Crippen molar-refractivity contribution in [3.8, 4) is 0 Å². The molecule has 0 bridgehead atoms. The number of nitrogens with one attached hydrogen (secondary N) is 1. The third-order valence-electron chi connectivity index (χ3n) is 4.47. The van der Waals surface area contributed by atoms with Crippen LogP contribution in [0.15, 0.2) is 0 Å². The van der Waals surface area contributed by atoms with Gasteiger partial charge in [0.15, 0.2) is 0 Å². The fraction of sp³-hybridized carbons (Fsp3) is 1.00. The molecule has 0 radical (unpaired) electrons. The van der Waals surface area contributed by atoms with Crippen molar-refractivity contribution >= 4 is 0 Å². The highest BCUT2D eigenvalue weighted by Crippen LogP contribution is 2.30. The molecule has 0 heterocycles. The van der Waals surface area contributed by atoms with E-state index in [1.807, 2.05) is 0 Å². The summed E-state index contributed by atoms with van der Waals surface area (Å²) in [7, 11) is 4.35. The number of hydrogen-bond acceptors (Lipinski definition) is 2. The molecule has 0 spiro atoms. The predicted molar refractivity (Wildman–Crippen MR) is 80.9 cm³/mol. The van der Waals surface area contributed by atoms with E-state index < -0.39 is 0 Å². The van der Waals surface area contributed by atoms with Gasteiger partial charge in [0.1, 0.15) is 0 Å². The molecule has 1 aliphatic rings. The Bertz CT molecular complexity index is 223. The molecule has 0 saturated heterocycles. The zero-order chi connectivity index (χ0) is 13.7. The van der Waals surface area contributed by atoms with E-state index in [1.165, 1.54) is 25.7 Å². The topological polar surface area (TPSA) is 15.3 Å². The van der Waals surface area contributed by atoms with Crippen LogP contribution in [0.1, 0.15) is 53.4 Å². The molecule has 2 heteroatoms. The Morgan fingerprint density at radius 2 is 1.78 bits per heavy atom. The van der Waals surface area contributed by atoms with Crippen LogP contribution in [0.3, 0.4) is 0 Å². The Morgan fingerprint density at radius 3 is 2.28 bits per heavy atom. The van der Waals surface area contributed by atoms with Gasteiger partial charge in [-0.2, -0.15) is 0 Å². The van der Waals surface area contributed by atoms with Crippen LogP contribution in [-0.2, 0) is 0 Å². The molecule has 1 saturated carbocycles. The van der Waals surface area contributed by atoms with Gasteiger partial charge in [0.05, 0.1) is 0 Å². The number of nitrogens with zero attached hydrogens (tertiary/aromatic N) is 1. The maximum atomic E-state index is 3.93. The van der Waals surface area contributed by atoms with Gasteiger partial charge < -0.3 is 10.2 Å². The summed E-state index contributed by atoms with van der Waals surface area (Å²) in [5.74, 6) is 2.50. The van der Waals surface area contributed by atoms with Crippen molar-refractivity contribution < 1.29 is 0 Å². The first-order chi connectivity index (χ1) is 8.40. The summed E-state index contributed by atoms with van der Waals surface area (Å²) >= 11 is 0. The lowest BCUT2D eigenvalue weighted by molar-refractivity contribution is 0.194. The van der Waals surface area contributed by atoms with Gasteiger partial charge >= 0.3 is 0 Å². The summed E-state index contributed by atoms with van der Waals surface area (Å²) in [6.07, 6.45) is 5.61. The van der Waals surface area contributed by atoms with E-state index in [0.717, 1.165) is 24.4 Å². The van der Waals surface area contributed by atoms with Crippen molar-refractivity contribution in [1.29, 1.82) is 0 Å². The highest BCUT2D eigenvalue weighted by Gasteiger charge is 2.26. The Kier molecular flexibility index (Phi) is 6.65. The van der Waals surface area contributed by atoms with Gasteiger partial charge in [-0.3, -0.25) is 0 Å². The van der Waals surface area contributed by atoms with Crippen LogP contribution >= 0.6 is 0 Å². The van der Waals surface area contributed by atoms with Crippen molar-refractivity contribution in [3.05, 3.63) is 0 Å². The third-order valence-corrected chi connectivity index (χ3v) is 4.47. The van der Waals surface area contributed by atoms with Gasteiger partial charge in [0.2, 0.25) is 0 Å². The minimum Gasteiger partial charge on any atom is -0.310 e. The average Bonchev–Trinajstić information content (AvgIpc) is 2.27. The molecule has 18 heavy (non-hydrogen) atoms. The second-order valence-electron chi connectivity index (χ2n) is 7.15. The van der Waals surface area contributed by atoms with E-state index in [2.05, 4.69) is 52.0 Å². The SMILES string of the molecule is CC(C)C1CCCC(NC(CN(C)C)C(C)C)C1. The summed E-state index contributed by atoms with van der Waals surface area (Å²) in [5.41, 5.74) is 0. The summed E-state index contributed by atoms with van der Waals surface area (Å²) < 4.78 is 0. The van der Waals surface area contributed by atoms with Gasteiger partial charge in [0.25, 0.3) is 0 Å². The molecule has 1 aliphatic carbocycles. The summed E-state index contributed by atoms with van der Waals surface area (Å²) in [6, 6.07) is 1.38. The number of hydrogen-bond donors (Lipinski definition) is 1. The summed E-state index contributed by atoms with van der Waals surface area (Å²) in [4.78, 5) is 2.31. The van der Waals surface area contributed by atoms with Crippen molar-refractivity contribution in [2.75, 3.05) is 20.6 Å². The van der Waals surface area contributed by atoms with E-state index in [1.54, 1.807) is 0 Å². The molecular weight excluding hydrogens is 220 g/mol. The van der Waals surface area contributed by atoms with E-state index in [0.29, 0.717) is 12.0 Å². The van der Waals surface area contributed by atoms with Crippen LogP contribution in [0.2, 0.25) is 0 Å². The Labute approximate surface area is 115 Å². The zero-order valence-corrected chi connectivity index (χ0v) is 13.4. The van der Waals surface area contributed by atoms with Gasteiger partial charge in [-0.15, -0.1) is 0 Å². The Balaban J connectivity index is 2.47. The quantitative estimate of drug-likeness (QED) is 0.782. The average molecular weight is 254 g/mol. The van der Waals surface area contributed by atoms with Crippen LogP contribution in [0.5, 0.6) is 0 Å². The van der Waals surface area contributed by atoms with Crippen molar-refractivity contribution in [3.63, 3.8) is 0 Å². The zero-order valence-electron chi connectivity index (χ0n) is 13.4. The maximum absolute atomic E-state index is 3.93. The van der Waals surface area contributed by atoms with Crippen molar-refractivity contribution in [1.82, 2.24) is 10.2 Å². The van der Waals surface area contributed by atoms with Crippen LogP contribution in [0, 0.1) is 17.8 Å². The molecular formula is C16H34N2. The molecule has 2 nitrogen and oxygen atoms in total. The molecule has 3 unspecified atom stereocenters. The lowest BCUT2D eigenvalue weighted by Gasteiger charge is -2.36. The van der Waals surface area contributed by atoms with Crippen LogP contribution in [-0.4, -0.2) is 37.6 Å². The lowest BCUT2D eigenvalue weighted by Crippen LogP contribution is -2.48. The molecule has 1 rings (SSSR count). The maximum Gasteiger partial charge on any atom is 0.0220 e. The minimum atomic E-state index is 0.635. The highest BCUT2D eigenvalue weighted by molar-refractivity contribution is 4.84. The lowest BCUT2D eigenvalue weighted by atomic mass is 9.79. The molecule has 3 atom stereocenters. The largest absolute Gasteiger partial charge is 0.310 e. The van der Waals surface area contributed by atoms with Crippen molar-refractivity contribution in [2.45, 2.75) is 65.5 Å². The van der Waals surface area contributed by atoms with Gasteiger partial charge in [-0.1, -0.05) is 40.5 Å². The van der Waals surface area contributed by atoms with E-state index in [4.69, 9.17) is 0 Å². The molecule has 0 aliphatic heterocycles. The van der Waals surface area contributed by atoms with Crippen LogP contribution < -0.4 is 5.32 Å². The highest BCUT2D eigenvalue weighted by atomic mass is 15.1. The fourth-order valence-corrected chi connectivity index (χ4v) is 3.14. The molecule has 0 aromatic carbocycles. The second-order valence-corrected chi connectivity index (χ2v) is 7.15. The smallest absolute Gasteiger partial charge is 0.0220 e. The number of likely N-dealkylation sites (N-methyl/N-ethyl adjacent to an activating group) is 1. The fourth-order valence-electron chi connectivity index (χ4n) is 3.14. The Hall–Kier alpha value is -0.0800. The first kappa shape index (κ1) is 16.0. The monoisotopic (exact) mass is 254 g/mol. The van der Waals surface area contributed by atoms with Gasteiger partial charge in [-0.25, -0.2) is 0 Å². The van der Waals surface area contributed by atoms with Crippen molar-refractivity contribution in [2.24, 2.45) is 17.8 Å². The molecule has 1 fully saturated rings. The second kappa shape index (κ2) is 7.49. The Morgan fingerprint density at radius 1 is 1.11 bits per heavy atom.